The molecule has 0 aromatic heterocycles. The highest BCUT2D eigenvalue weighted by Crippen LogP contribution is 2.38. The monoisotopic (exact) mass is 440 g/mol. The average Bonchev–Trinajstić information content (AvgIpc) is 2.68. The average molecular weight is 441 g/mol. The molecule has 0 radical (unpaired) electrons. The van der Waals surface area contributed by atoms with E-state index in [1.807, 2.05) is 0 Å². The maximum absolute atomic E-state index is 12.3. The molecule has 0 saturated heterocycles. The van der Waals surface area contributed by atoms with Crippen molar-refractivity contribution in [2.75, 3.05) is 0 Å². The van der Waals surface area contributed by atoms with Crippen LogP contribution in [0.1, 0.15) is 143 Å². The van der Waals surface area contributed by atoms with Crippen molar-refractivity contribution in [1.82, 2.24) is 0 Å². The van der Waals surface area contributed by atoms with Gasteiger partial charge in [0.2, 0.25) is 0 Å². The standard InChI is InChI=1S/C27H52O4/c1-23(2)17-11-7-5-9-14-20-27(26(30)31,22-16-13-19-25(28)29)21-15-10-6-8-12-18-24(3)4/h23-24H,5-22H2,1-4H3,(H,28,29)(H,30,31). The molecule has 0 rings (SSSR count). The molecule has 0 heterocycles. The summed E-state index contributed by atoms with van der Waals surface area (Å²) in [4.78, 5) is 23.1. The predicted octanol–water partition coefficient (Wildman–Crippen LogP) is 8.48. The number of carboxylic acids is 2. The predicted molar refractivity (Wildman–Crippen MR) is 130 cm³/mol. The topological polar surface area (TPSA) is 74.6 Å². The lowest BCUT2D eigenvalue weighted by atomic mass is 9.74. The number of unbranched alkanes of at least 4 members (excludes halogenated alkanes) is 9. The molecular formula is C27H52O4. The van der Waals surface area contributed by atoms with Crippen LogP contribution < -0.4 is 0 Å². The summed E-state index contributed by atoms with van der Waals surface area (Å²) in [6, 6.07) is 0. The van der Waals surface area contributed by atoms with Gasteiger partial charge >= 0.3 is 11.9 Å². The van der Waals surface area contributed by atoms with Crippen molar-refractivity contribution in [3.8, 4) is 0 Å². The third-order valence-corrected chi connectivity index (χ3v) is 6.62. The molecule has 0 atom stereocenters. The van der Waals surface area contributed by atoms with Crippen LogP contribution in [0.25, 0.3) is 0 Å². The Morgan fingerprint density at radius 2 is 0.935 bits per heavy atom. The number of hydrogen-bond acceptors (Lipinski definition) is 2. The molecule has 0 aromatic rings. The van der Waals surface area contributed by atoms with Gasteiger partial charge in [0.05, 0.1) is 5.41 Å². The van der Waals surface area contributed by atoms with Crippen LogP contribution in [0.15, 0.2) is 0 Å². The zero-order valence-corrected chi connectivity index (χ0v) is 21.1. The number of carbonyl (C=O) groups is 2. The van der Waals surface area contributed by atoms with Crippen LogP contribution in [0.3, 0.4) is 0 Å². The van der Waals surface area contributed by atoms with Crippen molar-refractivity contribution in [1.29, 1.82) is 0 Å². The fourth-order valence-electron chi connectivity index (χ4n) is 4.53. The molecule has 0 aromatic carbocycles. The lowest BCUT2D eigenvalue weighted by Gasteiger charge is -2.30. The van der Waals surface area contributed by atoms with E-state index in [0.29, 0.717) is 19.3 Å². The van der Waals surface area contributed by atoms with Gasteiger partial charge in [-0.3, -0.25) is 9.59 Å². The van der Waals surface area contributed by atoms with Crippen molar-refractivity contribution < 1.29 is 19.8 Å². The Hall–Kier alpha value is -1.06. The molecule has 4 nitrogen and oxygen atoms in total. The molecule has 2 N–H and O–H groups in total. The van der Waals surface area contributed by atoms with E-state index in [1.165, 1.54) is 51.4 Å². The van der Waals surface area contributed by atoms with E-state index >= 15 is 0 Å². The van der Waals surface area contributed by atoms with Gasteiger partial charge in [-0.05, 0) is 37.5 Å². The van der Waals surface area contributed by atoms with Gasteiger partial charge in [-0.25, -0.2) is 0 Å². The van der Waals surface area contributed by atoms with Gasteiger partial charge < -0.3 is 10.2 Å². The van der Waals surface area contributed by atoms with Crippen LogP contribution in [0.5, 0.6) is 0 Å². The summed E-state index contributed by atoms with van der Waals surface area (Å²) in [7, 11) is 0. The SMILES string of the molecule is CC(C)CCCCCCCC(CCCCCCCC(C)C)(CCCCC(=O)O)C(=O)O. The van der Waals surface area contributed by atoms with E-state index in [4.69, 9.17) is 5.11 Å². The fourth-order valence-corrected chi connectivity index (χ4v) is 4.53. The quantitative estimate of drug-likeness (QED) is 0.165. The number of carboxylic acid groups (broad SMARTS) is 2. The summed E-state index contributed by atoms with van der Waals surface area (Å²) >= 11 is 0. The van der Waals surface area contributed by atoms with Crippen LogP contribution in [-0.2, 0) is 9.59 Å². The van der Waals surface area contributed by atoms with E-state index in [2.05, 4.69) is 27.7 Å². The minimum Gasteiger partial charge on any atom is -0.481 e. The van der Waals surface area contributed by atoms with Gasteiger partial charge in [0.15, 0.2) is 0 Å². The Balaban J connectivity index is 4.50. The molecule has 0 unspecified atom stereocenters. The highest BCUT2D eigenvalue weighted by atomic mass is 16.4. The third kappa shape index (κ3) is 17.2. The minimum atomic E-state index is -0.788. The molecule has 4 heteroatoms. The fraction of sp³-hybridized carbons (Fsp3) is 0.926. The van der Waals surface area contributed by atoms with Gasteiger partial charge in [0, 0.05) is 6.42 Å². The molecule has 0 amide bonds. The lowest BCUT2D eigenvalue weighted by molar-refractivity contribution is -0.150. The normalized spacial score (nSPS) is 12.1. The van der Waals surface area contributed by atoms with Crippen LogP contribution in [0.2, 0.25) is 0 Å². The smallest absolute Gasteiger partial charge is 0.309 e. The zero-order valence-electron chi connectivity index (χ0n) is 21.1. The third-order valence-electron chi connectivity index (χ3n) is 6.62. The molecule has 0 aliphatic rings. The second kappa shape index (κ2) is 18.5. The summed E-state index contributed by atoms with van der Waals surface area (Å²) in [6.45, 7) is 9.04. The van der Waals surface area contributed by atoms with E-state index in [1.54, 1.807) is 0 Å². The van der Waals surface area contributed by atoms with Crippen LogP contribution in [-0.4, -0.2) is 22.2 Å². The van der Waals surface area contributed by atoms with Crippen molar-refractivity contribution in [2.45, 2.75) is 143 Å². The number of hydrogen-bond donors (Lipinski definition) is 2. The molecule has 31 heavy (non-hydrogen) atoms. The van der Waals surface area contributed by atoms with Crippen molar-refractivity contribution in [3.63, 3.8) is 0 Å². The summed E-state index contributed by atoms with van der Waals surface area (Å²) in [5.74, 6) is 0.0674. The van der Waals surface area contributed by atoms with Gasteiger partial charge in [0.25, 0.3) is 0 Å². The van der Waals surface area contributed by atoms with Gasteiger partial charge in [0.1, 0.15) is 0 Å². The maximum atomic E-state index is 12.3. The molecule has 0 bridgehead atoms. The minimum absolute atomic E-state index is 0.140. The van der Waals surface area contributed by atoms with Crippen LogP contribution in [0, 0.1) is 17.3 Å². The molecule has 0 aliphatic heterocycles. The molecule has 184 valence electrons. The van der Waals surface area contributed by atoms with Crippen molar-refractivity contribution in [2.24, 2.45) is 17.3 Å². The Morgan fingerprint density at radius 1 is 0.581 bits per heavy atom. The number of rotatable bonds is 22. The van der Waals surface area contributed by atoms with E-state index in [-0.39, 0.29) is 6.42 Å². The van der Waals surface area contributed by atoms with E-state index in [0.717, 1.165) is 50.4 Å². The summed E-state index contributed by atoms with van der Waals surface area (Å²) in [5.41, 5.74) is -0.658. The highest BCUT2D eigenvalue weighted by Gasteiger charge is 2.36. The van der Waals surface area contributed by atoms with Gasteiger partial charge in [-0.1, -0.05) is 111 Å². The first kappa shape index (κ1) is 29.9. The summed E-state index contributed by atoms with van der Waals surface area (Å²) in [6.07, 6.45) is 17.7. The van der Waals surface area contributed by atoms with E-state index in [9.17, 15) is 14.7 Å². The molecular weight excluding hydrogens is 388 g/mol. The molecule has 0 aliphatic carbocycles. The second-order valence-electron chi connectivity index (χ2n) is 10.6. The van der Waals surface area contributed by atoms with Crippen molar-refractivity contribution in [3.05, 3.63) is 0 Å². The van der Waals surface area contributed by atoms with Gasteiger partial charge in [-0.2, -0.15) is 0 Å². The van der Waals surface area contributed by atoms with Crippen molar-refractivity contribution >= 4 is 11.9 Å². The lowest BCUT2D eigenvalue weighted by Crippen LogP contribution is -2.31. The largest absolute Gasteiger partial charge is 0.481 e. The Morgan fingerprint density at radius 3 is 1.29 bits per heavy atom. The maximum Gasteiger partial charge on any atom is 0.309 e. The highest BCUT2D eigenvalue weighted by molar-refractivity contribution is 5.74. The number of aliphatic carboxylic acids is 2. The molecule has 0 spiro atoms. The first-order valence-electron chi connectivity index (χ1n) is 13.1. The first-order valence-corrected chi connectivity index (χ1v) is 13.1. The Kier molecular flexibility index (Phi) is 17.9. The first-order chi connectivity index (χ1) is 14.7. The van der Waals surface area contributed by atoms with E-state index < -0.39 is 17.4 Å². The Bertz CT molecular complexity index is 434. The second-order valence-corrected chi connectivity index (χ2v) is 10.6. The zero-order chi connectivity index (χ0) is 23.5. The van der Waals surface area contributed by atoms with Gasteiger partial charge in [-0.15, -0.1) is 0 Å². The summed E-state index contributed by atoms with van der Waals surface area (Å²) < 4.78 is 0. The summed E-state index contributed by atoms with van der Waals surface area (Å²) in [5, 5.41) is 19.0. The van der Waals surface area contributed by atoms with Crippen LogP contribution in [0.4, 0.5) is 0 Å². The van der Waals surface area contributed by atoms with Crippen LogP contribution >= 0.6 is 0 Å². The Labute approximate surface area is 192 Å². The molecule has 0 saturated carbocycles. The molecule has 0 fully saturated rings.